The largest absolute Gasteiger partial charge is 0.465 e. The first-order valence-corrected chi connectivity index (χ1v) is 3.62. The second-order valence-corrected chi connectivity index (χ2v) is 2.60. The van der Waals surface area contributed by atoms with Gasteiger partial charge >= 0.3 is 6.09 Å². The number of amides is 2. The summed E-state index contributed by atoms with van der Waals surface area (Å²) >= 11 is 0. The number of nitrogens with one attached hydrogen (secondary N) is 1. The van der Waals surface area contributed by atoms with Crippen molar-refractivity contribution < 1.29 is 14.7 Å². The predicted octanol–water partition coefficient (Wildman–Crippen LogP) is -1.58. The fourth-order valence-electron chi connectivity index (χ4n) is 1.19. The van der Waals surface area contributed by atoms with Crippen LogP contribution in [0.1, 0.15) is 0 Å². The Balaban J connectivity index is 2.67. The zero-order valence-electron chi connectivity index (χ0n) is 6.49. The van der Waals surface area contributed by atoms with E-state index < -0.39 is 18.0 Å². The van der Waals surface area contributed by atoms with Crippen molar-refractivity contribution in [2.45, 2.75) is 6.04 Å². The number of nitrogens with zero attached hydrogens (tertiary/aromatic N) is 1. The SMILES string of the molecule is NC(=O)[C@H]1CNCCN1C(=O)O. The number of primary amides is 1. The zero-order valence-corrected chi connectivity index (χ0v) is 6.49. The Morgan fingerprint density at radius 2 is 2.25 bits per heavy atom. The highest BCUT2D eigenvalue weighted by atomic mass is 16.4. The number of carbonyl (C=O) groups is 2. The molecule has 1 rings (SSSR count). The van der Waals surface area contributed by atoms with Crippen LogP contribution in [0.4, 0.5) is 4.79 Å². The van der Waals surface area contributed by atoms with Crippen molar-refractivity contribution in [2.24, 2.45) is 5.73 Å². The smallest absolute Gasteiger partial charge is 0.408 e. The fraction of sp³-hybridized carbons (Fsp3) is 0.667. The van der Waals surface area contributed by atoms with Crippen molar-refractivity contribution >= 4 is 12.0 Å². The Bertz CT molecular complexity index is 184. The minimum atomic E-state index is -1.10. The molecule has 6 heteroatoms. The normalized spacial score (nSPS) is 23.7. The van der Waals surface area contributed by atoms with Crippen LogP contribution < -0.4 is 11.1 Å². The van der Waals surface area contributed by atoms with Crippen LogP contribution >= 0.6 is 0 Å². The number of carboxylic acid groups (broad SMARTS) is 1. The maximum atomic E-state index is 10.7. The minimum absolute atomic E-state index is 0.307. The van der Waals surface area contributed by atoms with Gasteiger partial charge < -0.3 is 16.2 Å². The lowest BCUT2D eigenvalue weighted by Gasteiger charge is -2.31. The molecule has 12 heavy (non-hydrogen) atoms. The first kappa shape index (κ1) is 8.79. The lowest BCUT2D eigenvalue weighted by Crippen LogP contribution is -2.58. The van der Waals surface area contributed by atoms with Crippen LogP contribution in [-0.2, 0) is 4.79 Å². The lowest BCUT2D eigenvalue weighted by molar-refractivity contribution is -0.123. The van der Waals surface area contributed by atoms with Gasteiger partial charge in [0, 0.05) is 19.6 Å². The zero-order chi connectivity index (χ0) is 9.14. The Labute approximate surface area is 69.3 Å². The number of piperazine rings is 1. The van der Waals surface area contributed by atoms with E-state index in [4.69, 9.17) is 10.8 Å². The van der Waals surface area contributed by atoms with Gasteiger partial charge in [-0.25, -0.2) is 4.79 Å². The molecule has 1 fully saturated rings. The summed E-state index contributed by atoms with van der Waals surface area (Å²) in [6.07, 6.45) is -1.10. The summed E-state index contributed by atoms with van der Waals surface area (Å²) in [5.41, 5.74) is 5.01. The Morgan fingerprint density at radius 3 is 2.67 bits per heavy atom. The number of rotatable bonds is 1. The van der Waals surface area contributed by atoms with Crippen molar-refractivity contribution in [3.8, 4) is 0 Å². The molecule has 0 bridgehead atoms. The van der Waals surface area contributed by atoms with E-state index in [1.54, 1.807) is 0 Å². The van der Waals surface area contributed by atoms with Gasteiger partial charge in [0.1, 0.15) is 6.04 Å². The molecule has 68 valence electrons. The van der Waals surface area contributed by atoms with Crippen molar-refractivity contribution in [2.75, 3.05) is 19.6 Å². The molecule has 0 radical (unpaired) electrons. The average molecular weight is 173 g/mol. The van der Waals surface area contributed by atoms with Gasteiger partial charge in [-0.1, -0.05) is 0 Å². The van der Waals surface area contributed by atoms with Gasteiger partial charge in [-0.3, -0.25) is 9.69 Å². The highest BCUT2D eigenvalue weighted by molar-refractivity contribution is 5.84. The summed E-state index contributed by atoms with van der Waals surface area (Å²) in [4.78, 5) is 22.4. The van der Waals surface area contributed by atoms with Gasteiger partial charge in [0.25, 0.3) is 0 Å². The first-order valence-electron chi connectivity index (χ1n) is 3.62. The minimum Gasteiger partial charge on any atom is -0.465 e. The molecule has 6 nitrogen and oxygen atoms in total. The first-order chi connectivity index (χ1) is 5.63. The van der Waals surface area contributed by atoms with E-state index in [2.05, 4.69) is 5.32 Å². The van der Waals surface area contributed by atoms with Crippen LogP contribution in [0.3, 0.4) is 0 Å². The van der Waals surface area contributed by atoms with E-state index in [0.29, 0.717) is 19.6 Å². The highest BCUT2D eigenvalue weighted by Crippen LogP contribution is 2.02. The van der Waals surface area contributed by atoms with Crippen LogP contribution in [0.2, 0.25) is 0 Å². The monoisotopic (exact) mass is 173 g/mol. The van der Waals surface area contributed by atoms with E-state index in [1.165, 1.54) is 0 Å². The van der Waals surface area contributed by atoms with Gasteiger partial charge in [-0.2, -0.15) is 0 Å². The molecule has 0 aliphatic carbocycles. The van der Waals surface area contributed by atoms with Crippen molar-refractivity contribution in [1.82, 2.24) is 10.2 Å². The Morgan fingerprint density at radius 1 is 1.58 bits per heavy atom. The molecule has 2 amide bonds. The maximum Gasteiger partial charge on any atom is 0.408 e. The van der Waals surface area contributed by atoms with Crippen molar-refractivity contribution in [3.63, 3.8) is 0 Å². The summed E-state index contributed by atoms with van der Waals surface area (Å²) in [5, 5.41) is 11.5. The fourth-order valence-corrected chi connectivity index (χ4v) is 1.19. The van der Waals surface area contributed by atoms with Gasteiger partial charge in [0.2, 0.25) is 5.91 Å². The second-order valence-electron chi connectivity index (χ2n) is 2.60. The van der Waals surface area contributed by atoms with E-state index in [0.717, 1.165) is 4.90 Å². The van der Waals surface area contributed by atoms with Crippen LogP contribution in [0.5, 0.6) is 0 Å². The van der Waals surface area contributed by atoms with Gasteiger partial charge in [-0.05, 0) is 0 Å². The third-order valence-electron chi connectivity index (χ3n) is 1.82. The maximum absolute atomic E-state index is 10.7. The van der Waals surface area contributed by atoms with Crippen LogP contribution in [-0.4, -0.2) is 47.7 Å². The van der Waals surface area contributed by atoms with E-state index >= 15 is 0 Å². The molecular formula is C6H11N3O3. The average Bonchev–Trinajstić information content (AvgIpc) is 2.04. The standard InChI is InChI=1S/C6H11N3O3/c7-5(10)4-3-8-1-2-9(4)6(11)12/h4,8H,1-3H2,(H2,7,10)(H,11,12)/t4-/m1/s1. The third kappa shape index (κ3) is 1.65. The summed E-state index contributed by atoms with van der Waals surface area (Å²) in [6.45, 7) is 1.18. The molecule has 1 saturated heterocycles. The molecule has 0 unspecified atom stereocenters. The van der Waals surface area contributed by atoms with Crippen LogP contribution in [0.15, 0.2) is 0 Å². The van der Waals surface area contributed by atoms with Gasteiger partial charge in [-0.15, -0.1) is 0 Å². The Kier molecular flexibility index (Phi) is 2.49. The number of hydrogen-bond acceptors (Lipinski definition) is 3. The molecule has 1 aliphatic heterocycles. The van der Waals surface area contributed by atoms with Crippen LogP contribution in [0.25, 0.3) is 0 Å². The molecule has 0 aromatic rings. The number of nitrogens with two attached hydrogens (primary N) is 1. The van der Waals surface area contributed by atoms with E-state index in [9.17, 15) is 9.59 Å². The van der Waals surface area contributed by atoms with E-state index in [1.807, 2.05) is 0 Å². The molecule has 0 aromatic heterocycles. The molecule has 0 spiro atoms. The topological polar surface area (TPSA) is 95.7 Å². The predicted molar refractivity (Wildman–Crippen MR) is 40.6 cm³/mol. The highest BCUT2D eigenvalue weighted by Gasteiger charge is 2.29. The van der Waals surface area contributed by atoms with Crippen molar-refractivity contribution in [1.29, 1.82) is 0 Å². The quantitative estimate of drug-likeness (QED) is 0.446. The molecular weight excluding hydrogens is 162 g/mol. The summed E-state index contributed by atoms with van der Waals surface area (Å²) in [7, 11) is 0. The van der Waals surface area contributed by atoms with Crippen LogP contribution in [0, 0.1) is 0 Å². The molecule has 1 atom stereocenters. The number of hydrogen-bond donors (Lipinski definition) is 3. The van der Waals surface area contributed by atoms with Crippen molar-refractivity contribution in [3.05, 3.63) is 0 Å². The summed E-state index contributed by atoms with van der Waals surface area (Å²) < 4.78 is 0. The molecule has 0 saturated carbocycles. The molecule has 4 N–H and O–H groups in total. The van der Waals surface area contributed by atoms with Gasteiger partial charge in [0.15, 0.2) is 0 Å². The molecule has 1 heterocycles. The molecule has 1 aliphatic rings. The summed E-state index contributed by atoms with van der Waals surface area (Å²) in [6, 6.07) is -0.726. The third-order valence-corrected chi connectivity index (χ3v) is 1.82. The number of carbonyl (C=O) groups excluding carboxylic acids is 1. The van der Waals surface area contributed by atoms with Gasteiger partial charge in [0.05, 0.1) is 0 Å². The summed E-state index contributed by atoms with van der Waals surface area (Å²) in [5.74, 6) is -0.607. The lowest BCUT2D eigenvalue weighted by atomic mass is 10.2. The Hall–Kier alpha value is -1.30. The van der Waals surface area contributed by atoms with E-state index in [-0.39, 0.29) is 0 Å². The second kappa shape index (κ2) is 3.40. The molecule has 0 aromatic carbocycles.